The lowest BCUT2D eigenvalue weighted by Crippen LogP contribution is -2.30. The van der Waals surface area contributed by atoms with Crippen molar-refractivity contribution in [3.05, 3.63) is 35.3 Å². The standard InChI is InChI=1S/C18H23N5O2S/c1-12-4-9-16(24)23(12)15-7-5-13(6-8-15)20-17(25)19-10-14-11-26-18(21-14)22(2)3/h5-8,11-12H,4,9-10H2,1-3H3,(H2,19,20,25)/t12-/m1/s1. The van der Waals surface area contributed by atoms with E-state index in [1.165, 1.54) is 11.3 Å². The average Bonchev–Trinajstić information content (AvgIpc) is 3.21. The van der Waals surface area contributed by atoms with Crippen LogP contribution in [-0.4, -0.2) is 37.1 Å². The summed E-state index contributed by atoms with van der Waals surface area (Å²) in [6, 6.07) is 7.26. The van der Waals surface area contributed by atoms with E-state index in [1.54, 1.807) is 12.1 Å². The van der Waals surface area contributed by atoms with Gasteiger partial charge in [-0.2, -0.15) is 0 Å². The zero-order chi connectivity index (χ0) is 18.7. The monoisotopic (exact) mass is 373 g/mol. The SMILES string of the molecule is C[C@@H]1CCC(=O)N1c1ccc(NC(=O)NCc2csc(N(C)C)n2)cc1. The minimum atomic E-state index is -0.289. The van der Waals surface area contributed by atoms with Gasteiger partial charge in [-0.15, -0.1) is 11.3 Å². The summed E-state index contributed by atoms with van der Waals surface area (Å²) >= 11 is 1.54. The first-order chi connectivity index (χ1) is 12.4. The maximum atomic E-state index is 12.1. The molecule has 26 heavy (non-hydrogen) atoms. The van der Waals surface area contributed by atoms with Gasteiger partial charge >= 0.3 is 6.03 Å². The summed E-state index contributed by atoms with van der Waals surface area (Å²) in [5, 5.41) is 8.42. The van der Waals surface area contributed by atoms with Gasteiger partial charge in [0.05, 0.1) is 12.2 Å². The van der Waals surface area contributed by atoms with E-state index in [1.807, 2.05) is 48.3 Å². The number of amides is 3. The highest BCUT2D eigenvalue weighted by Crippen LogP contribution is 2.27. The van der Waals surface area contributed by atoms with Crippen molar-refractivity contribution < 1.29 is 9.59 Å². The minimum Gasteiger partial charge on any atom is -0.354 e. The largest absolute Gasteiger partial charge is 0.354 e. The number of benzene rings is 1. The van der Waals surface area contributed by atoms with Gasteiger partial charge in [-0.05, 0) is 37.6 Å². The summed E-state index contributed by atoms with van der Waals surface area (Å²) in [7, 11) is 3.87. The molecular formula is C18H23N5O2S. The second-order valence-electron chi connectivity index (χ2n) is 6.52. The van der Waals surface area contributed by atoms with Crippen molar-refractivity contribution in [2.24, 2.45) is 0 Å². The Morgan fingerprint density at radius 1 is 1.35 bits per heavy atom. The highest BCUT2D eigenvalue weighted by molar-refractivity contribution is 7.13. The van der Waals surface area contributed by atoms with Gasteiger partial charge in [0, 0.05) is 43.3 Å². The molecule has 0 aliphatic carbocycles. The summed E-state index contributed by atoms with van der Waals surface area (Å²) in [6.45, 7) is 2.42. The van der Waals surface area contributed by atoms with Crippen molar-refractivity contribution in [3.8, 4) is 0 Å². The third-order valence-electron chi connectivity index (χ3n) is 4.24. The fourth-order valence-corrected chi connectivity index (χ4v) is 3.62. The second kappa shape index (κ2) is 7.74. The Bertz CT molecular complexity index is 787. The van der Waals surface area contributed by atoms with Crippen molar-refractivity contribution in [3.63, 3.8) is 0 Å². The van der Waals surface area contributed by atoms with Crippen molar-refractivity contribution in [2.75, 3.05) is 29.2 Å². The van der Waals surface area contributed by atoms with Crippen molar-refractivity contribution in [1.29, 1.82) is 0 Å². The van der Waals surface area contributed by atoms with Crippen LogP contribution in [0.25, 0.3) is 0 Å². The molecule has 1 aromatic heterocycles. The smallest absolute Gasteiger partial charge is 0.319 e. The molecule has 3 amide bonds. The number of urea groups is 1. The molecule has 0 spiro atoms. The molecule has 138 valence electrons. The predicted molar refractivity (Wildman–Crippen MR) is 105 cm³/mol. The van der Waals surface area contributed by atoms with Crippen LogP contribution in [0.3, 0.4) is 0 Å². The van der Waals surface area contributed by atoms with Gasteiger partial charge in [-0.25, -0.2) is 9.78 Å². The predicted octanol–water partition coefficient (Wildman–Crippen LogP) is 3.05. The number of anilines is 3. The third kappa shape index (κ3) is 4.13. The highest BCUT2D eigenvalue weighted by atomic mass is 32.1. The summed E-state index contributed by atoms with van der Waals surface area (Å²) in [5.41, 5.74) is 2.37. The number of hydrogen-bond donors (Lipinski definition) is 2. The molecule has 2 heterocycles. The van der Waals surface area contributed by atoms with Gasteiger partial charge in [-0.1, -0.05) is 0 Å². The summed E-state index contributed by atoms with van der Waals surface area (Å²) in [6.07, 6.45) is 1.48. The Balaban J connectivity index is 1.53. The molecule has 1 aliphatic rings. The minimum absolute atomic E-state index is 0.149. The van der Waals surface area contributed by atoms with Crippen molar-refractivity contribution in [1.82, 2.24) is 10.3 Å². The third-order valence-corrected chi connectivity index (χ3v) is 5.30. The molecule has 1 saturated heterocycles. The van der Waals surface area contributed by atoms with Crippen LogP contribution in [0.5, 0.6) is 0 Å². The molecule has 0 radical (unpaired) electrons. The van der Waals surface area contributed by atoms with Crippen molar-refractivity contribution >= 4 is 39.8 Å². The average molecular weight is 373 g/mol. The first-order valence-electron chi connectivity index (χ1n) is 8.53. The quantitative estimate of drug-likeness (QED) is 0.844. The van der Waals surface area contributed by atoms with Crippen LogP contribution >= 0.6 is 11.3 Å². The van der Waals surface area contributed by atoms with Crippen LogP contribution in [-0.2, 0) is 11.3 Å². The molecule has 2 aromatic rings. The lowest BCUT2D eigenvalue weighted by atomic mass is 10.2. The summed E-state index contributed by atoms with van der Waals surface area (Å²) < 4.78 is 0. The maximum absolute atomic E-state index is 12.1. The number of rotatable bonds is 5. The lowest BCUT2D eigenvalue weighted by molar-refractivity contribution is -0.117. The van der Waals surface area contributed by atoms with E-state index in [4.69, 9.17) is 0 Å². The fraction of sp³-hybridized carbons (Fsp3) is 0.389. The normalized spacial score (nSPS) is 16.7. The Labute approximate surface area is 157 Å². The van der Waals surface area contributed by atoms with Crippen LogP contribution in [0.15, 0.2) is 29.6 Å². The first-order valence-corrected chi connectivity index (χ1v) is 9.40. The van der Waals surface area contributed by atoms with Gasteiger partial charge in [0.25, 0.3) is 0 Å². The summed E-state index contributed by atoms with van der Waals surface area (Å²) in [5.74, 6) is 0.149. The van der Waals surface area contributed by atoms with Crippen LogP contribution < -0.4 is 20.4 Å². The van der Waals surface area contributed by atoms with Crippen LogP contribution in [0, 0.1) is 0 Å². The number of thiazole rings is 1. The van der Waals surface area contributed by atoms with Crippen LogP contribution in [0.4, 0.5) is 21.3 Å². The van der Waals surface area contributed by atoms with E-state index in [9.17, 15) is 9.59 Å². The Hall–Kier alpha value is -2.61. The number of nitrogens with one attached hydrogen (secondary N) is 2. The van der Waals surface area contributed by atoms with Crippen LogP contribution in [0.2, 0.25) is 0 Å². The van der Waals surface area contributed by atoms with E-state index in [0.717, 1.165) is 22.9 Å². The molecule has 7 nitrogen and oxygen atoms in total. The number of carbonyl (C=O) groups is 2. The Morgan fingerprint density at radius 3 is 2.65 bits per heavy atom. The molecule has 0 bridgehead atoms. The van der Waals surface area contributed by atoms with Crippen LogP contribution in [0.1, 0.15) is 25.5 Å². The molecular weight excluding hydrogens is 350 g/mol. The zero-order valence-electron chi connectivity index (χ0n) is 15.2. The Morgan fingerprint density at radius 2 is 2.08 bits per heavy atom. The maximum Gasteiger partial charge on any atom is 0.319 e. The molecule has 1 aromatic carbocycles. The number of carbonyl (C=O) groups excluding carboxylic acids is 2. The molecule has 3 rings (SSSR count). The van der Waals surface area contributed by atoms with Gasteiger partial charge in [0.2, 0.25) is 5.91 Å². The first kappa shape index (κ1) is 18.2. The summed E-state index contributed by atoms with van der Waals surface area (Å²) in [4.78, 5) is 32.2. The van der Waals surface area contributed by atoms with E-state index >= 15 is 0 Å². The molecule has 2 N–H and O–H groups in total. The van der Waals surface area contributed by atoms with Crippen molar-refractivity contribution in [2.45, 2.75) is 32.4 Å². The van der Waals surface area contributed by atoms with E-state index < -0.39 is 0 Å². The van der Waals surface area contributed by atoms with E-state index in [-0.39, 0.29) is 18.0 Å². The molecule has 0 unspecified atom stereocenters. The fourth-order valence-electron chi connectivity index (χ4n) is 2.86. The molecule has 1 atom stereocenters. The molecule has 1 aliphatic heterocycles. The lowest BCUT2D eigenvalue weighted by Gasteiger charge is -2.21. The number of hydrogen-bond acceptors (Lipinski definition) is 5. The topological polar surface area (TPSA) is 77.6 Å². The van der Waals surface area contributed by atoms with E-state index in [0.29, 0.717) is 18.7 Å². The number of nitrogens with zero attached hydrogens (tertiary/aromatic N) is 3. The van der Waals surface area contributed by atoms with E-state index in [2.05, 4.69) is 15.6 Å². The molecule has 0 saturated carbocycles. The number of aromatic nitrogens is 1. The molecule has 8 heteroatoms. The van der Waals surface area contributed by atoms with Gasteiger partial charge in [0.1, 0.15) is 0 Å². The van der Waals surface area contributed by atoms with Gasteiger partial charge in [-0.3, -0.25) is 4.79 Å². The molecule has 1 fully saturated rings. The highest BCUT2D eigenvalue weighted by Gasteiger charge is 2.28. The zero-order valence-corrected chi connectivity index (χ0v) is 16.0. The second-order valence-corrected chi connectivity index (χ2v) is 7.36. The van der Waals surface area contributed by atoms with Gasteiger partial charge in [0.15, 0.2) is 5.13 Å². The Kier molecular flexibility index (Phi) is 5.41. The van der Waals surface area contributed by atoms with Gasteiger partial charge < -0.3 is 20.4 Å².